The number of phosphoric ester groups is 1. The Labute approximate surface area is 191 Å². The van der Waals surface area contributed by atoms with Crippen molar-refractivity contribution in [1.29, 1.82) is 0 Å². The monoisotopic (exact) mass is 606 g/mol. The molecule has 0 bridgehead atoms. The molecule has 11 N–H and O–H groups in total. The number of rotatable bonds is 4. The minimum atomic E-state index is -4.72. The summed E-state index contributed by atoms with van der Waals surface area (Å²) < 4.78 is 40.0. The third kappa shape index (κ3) is 11.4. The van der Waals surface area contributed by atoms with Crippen LogP contribution in [0.2, 0.25) is 0 Å². The van der Waals surface area contributed by atoms with Crippen LogP contribution in [0.3, 0.4) is 0 Å². The van der Waals surface area contributed by atoms with Crippen molar-refractivity contribution in [3.8, 4) is 0 Å². The van der Waals surface area contributed by atoms with E-state index in [0.29, 0.717) is 5.52 Å². The molecule has 33 heavy (non-hydrogen) atoms. The number of hydrogen-bond acceptors (Lipinski definition) is 11. The van der Waals surface area contributed by atoms with Gasteiger partial charge in [-0.2, -0.15) is 0 Å². The van der Waals surface area contributed by atoms with Gasteiger partial charge in [0.2, 0.25) is 0 Å². The zero-order chi connectivity index (χ0) is 25.8. The molecule has 0 aliphatic carbocycles. The first-order valence-electron chi connectivity index (χ1n) is 7.97. The number of phosphoric acid groups is 2. The van der Waals surface area contributed by atoms with Crippen LogP contribution in [0.25, 0.3) is 11.2 Å². The molecule has 3 heterocycles. The van der Waals surface area contributed by atoms with Gasteiger partial charge in [-0.1, -0.05) is 0 Å². The quantitative estimate of drug-likeness (QED) is 0.119. The van der Waals surface area contributed by atoms with Gasteiger partial charge in [-0.05, 0) is 0 Å². The van der Waals surface area contributed by atoms with Gasteiger partial charge in [0.25, 0.3) is 0 Å². The van der Waals surface area contributed by atoms with Crippen molar-refractivity contribution in [2.75, 3.05) is 12.3 Å². The van der Waals surface area contributed by atoms with Gasteiger partial charge >= 0.3 is 51.9 Å². The number of anilines is 1. The molecule has 0 amide bonds. The summed E-state index contributed by atoms with van der Waals surface area (Å²) in [6, 6.07) is 0. The van der Waals surface area contributed by atoms with Gasteiger partial charge in [-0.25, -0.2) is 24.1 Å². The third-order valence-electron chi connectivity index (χ3n) is 3.41. The van der Waals surface area contributed by atoms with E-state index in [2.05, 4.69) is 19.5 Å². The van der Waals surface area contributed by atoms with Crippen molar-refractivity contribution >= 4 is 54.5 Å². The van der Waals surface area contributed by atoms with Crippen LogP contribution in [-0.2, 0) is 23.0 Å². The van der Waals surface area contributed by atoms with Crippen molar-refractivity contribution in [3.05, 3.63) is 12.7 Å². The molecule has 1 fully saturated rings. The molecule has 1 radical (unpaired) electrons. The number of ether oxygens (including phenoxy) is 1. The molecule has 23 heteroatoms. The van der Waals surface area contributed by atoms with Crippen LogP contribution in [0.5, 0.6) is 0 Å². The zero-order valence-electron chi connectivity index (χ0n) is 15.9. The molecule has 1 aliphatic rings. The topological polar surface area (TPSA) is 321 Å². The van der Waals surface area contributed by atoms with Crippen molar-refractivity contribution in [1.82, 2.24) is 19.5 Å². The van der Waals surface area contributed by atoms with E-state index in [9.17, 15) is 19.3 Å². The number of aliphatic hydroxyl groups excluding tert-OH is 2. The normalized spacial score (nSPS) is 23.5. The first kappa shape index (κ1) is 30.2. The van der Waals surface area contributed by atoms with E-state index >= 15 is 0 Å². The van der Waals surface area contributed by atoms with Crippen molar-refractivity contribution < 1.29 is 67.4 Å². The molecule has 3 rings (SSSR count). The molecule has 189 valence electrons. The van der Waals surface area contributed by atoms with E-state index in [0.717, 1.165) is 0 Å². The molecule has 19 nitrogen and oxygen atoms in total. The molecular formula is C10H19N5O14P3Se. The maximum atomic E-state index is 10.7. The first-order chi connectivity index (χ1) is 14.8. The fourth-order valence-corrected chi connectivity index (χ4v) is 2.66. The molecular weight excluding hydrogens is 586 g/mol. The number of hydrogen-bond donors (Lipinski definition) is 10. The molecule has 2 aromatic heterocycles. The molecule has 1 aliphatic heterocycles. The Kier molecular flexibility index (Phi) is 10.7. The Balaban J connectivity index is 0.000000460. The predicted octanol–water partition coefficient (Wildman–Crippen LogP) is -3.54. The fraction of sp³-hybridized carbons (Fsp3) is 0.500. The molecule has 0 unspecified atom stereocenters. The molecule has 2 aromatic rings. The summed E-state index contributed by atoms with van der Waals surface area (Å²) in [6.07, 6.45) is -6.25. The Morgan fingerprint density at radius 1 is 1.03 bits per heavy atom. The van der Waals surface area contributed by atoms with Crippen LogP contribution in [0, 0.1) is 0 Å². The van der Waals surface area contributed by atoms with Gasteiger partial charge in [0.1, 0.15) is 30.2 Å². The van der Waals surface area contributed by atoms with Gasteiger partial charge in [0.05, 0.1) is 12.9 Å². The number of aromatic nitrogens is 4. The van der Waals surface area contributed by atoms with Crippen molar-refractivity contribution in [2.45, 2.75) is 24.5 Å². The Morgan fingerprint density at radius 3 is 2.03 bits per heavy atom. The van der Waals surface area contributed by atoms with Gasteiger partial charge in [-0.3, -0.25) is 9.09 Å². The van der Waals surface area contributed by atoms with Gasteiger partial charge in [0.15, 0.2) is 17.7 Å². The Hall–Kier alpha value is -0.881. The van der Waals surface area contributed by atoms with E-state index in [-0.39, 0.29) is 11.5 Å². The number of nitrogens with two attached hydrogens (primary N) is 1. The average Bonchev–Trinajstić information content (AvgIpc) is 3.13. The second-order valence-corrected chi connectivity index (χ2v) is 12.2. The second kappa shape index (κ2) is 11.7. The summed E-state index contributed by atoms with van der Waals surface area (Å²) in [7, 11) is -9.36. The van der Waals surface area contributed by atoms with E-state index in [1.165, 1.54) is 17.2 Å². The standard InChI is InChI=1S/C10H14N5O7P.H3O4P.H2O3PSe/c11-8-5-9(13-2-12-8)15(3-14-5)10-7(17)6(16)4(22-10)1-21-23(18,19)20;1-5(2,3)4;1-4(2,3)5/h2-4,6-7,10,16-17H,1H2,(H2,11,12,13)(H2,18,19,20);(H3,1,2,3,4);(H2,1,2,3)/t4-,6-,7-,10-;;/m1../s1. The van der Waals surface area contributed by atoms with Crippen LogP contribution >= 0.6 is 21.9 Å². The average molecular weight is 605 g/mol. The van der Waals surface area contributed by atoms with E-state index < -0.39 is 53.1 Å². The second-order valence-electron chi connectivity index (χ2n) is 5.92. The number of imidazole rings is 1. The van der Waals surface area contributed by atoms with Gasteiger partial charge < -0.3 is 45.2 Å². The van der Waals surface area contributed by atoms with Crippen molar-refractivity contribution in [2.24, 2.45) is 0 Å². The fourth-order valence-electron chi connectivity index (χ4n) is 2.32. The molecule has 1 saturated heterocycles. The number of nitrogens with zero attached hydrogens (tertiary/aromatic N) is 4. The van der Waals surface area contributed by atoms with Crippen LogP contribution in [0.15, 0.2) is 12.7 Å². The van der Waals surface area contributed by atoms with Crippen LogP contribution in [0.1, 0.15) is 6.23 Å². The Morgan fingerprint density at radius 2 is 1.55 bits per heavy atom. The summed E-state index contributed by atoms with van der Waals surface area (Å²) >= 11 is 1.65. The SMILES string of the molecule is Nc1ncnc2c1ncn2[C@@H]1O[C@H](COP(=O)(O)O)[C@@H](O)[C@H]1O.O=P(O)(O)O.O=P(O)(O)[Se]. The molecule has 4 atom stereocenters. The molecule has 0 spiro atoms. The van der Waals surface area contributed by atoms with E-state index in [4.69, 9.17) is 49.3 Å². The number of fused-ring (bicyclic) bond motifs is 1. The predicted molar refractivity (Wildman–Crippen MR) is 106 cm³/mol. The van der Waals surface area contributed by atoms with Crippen LogP contribution in [0.4, 0.5) is 5.82 Å². The Bertz CT molecular complexity index is 1030. The minimum absolute atomic E-state index is 0.142. The van der Waals surface area contributed by atoms with Crippen LogP contribution < -0.4 is 5.73 Å². The van der Waals surface area contributed by atoms with E-state index in [1.807, 2.05) is 0 Å². The number of aliphatic hydroxyl groups is 2. The summed E-state index contributed by atoms with van der Waals surface area (Å²) in [5.41, 5.74) is 6.25. The van der Waals surface area contributed by atoms with Gasteiger partial charge in [-0.15, -0.1) is 0 Å². The van der Waals surface area contributed by atoms with Crippen molar-refractivity contribution in [3.63, 3.8) is 0 Å². The van der Waals surface area contributed by atoms with Gasteiger partial charge in [0, 0.05) is 0 Å². The third-order valence-corrected chi connectivity index (χ3v) is 3.89. The zero-order valence-corrected chi connectivity index (χ0v) is 20.2. The van der Waals surface area contributed by atoms with Crippen LogP contribution in [-0.4, -0.2) is 104 Å². The summed E-state index contributed by atoms with van der Waals surface area (Å²) in [4.78, 5) is 65.9. The molecule has 0 aromatic carbocycles. The number of nitrogen functional groups attached to an aromatic ring is 1. The maximum absolute atomic E-state index is 10.7. The summed E-state index contributed by atoms with van der Waals surface area (Å²) in [6.45, 7) is -0.594. The molecule has 0 saturated carbocycles. The van der Waals surface area contributed by atoms with E-state index in [1.54, 1.807) is 15.6 Å². The summed E-state index contributed by atoms with van der Waals surface area (Å²) in [5, 5.41) is 20.1. The summed E-state index contributed by atoms with van der Waals surface area (Å²) in [5.74, 6) is 0.142. The first-order valence-corrected chi connectivity index (χ1v) is 14.9.